The van der Waals surface area contributed by atoms with E-state index in [4.69, 9.17) is 0 Å². The SMILES string of the molecule is Cc1cccc(C(=O)N2CCC[C@](C)(c3[nH]ncc3C)C2)n1. The first-order valence-corrected chi connectivity index (χ1v) is 7.73. The third kappa shape index (κ3) is 2.63. The molecule has 1 aliphatic heterocycles. The van der Waals surface area contributed by atoms with Crippen molar-refractivity contribution in [1.82, 2.24) is 20.1 Å². The average Bonchev–Trinajstić information content (AvgIpc) is 2.93. The van der Waals surface area contributed by atoms with E-state index < -0.39 is 0 Å². The van der Waals surface area contributed by atoms with Crippen LogP contribution in [0.1, 0.15) is 47.2 Å². The van der Waals surface area contributed by atoms with Crippen LogP contribution in [0.5, 0.6) is 0 Å². The number of likely N-dealkylation sites (tertiary alicyclic amines) is 1. The second-order valence-corrected chi connectivity index (χ2v) is 6.48. The van der Waals surface area contributed by atoms with Gasteiger partial charge in [-0.1, -0.05) is 13.0 Å². The van der Waals surface area contributed by atoms with E-state index in [1.807, 2.05) is 30.2 Å². The smallest absolute Gasteiger partial charge is 0.272 e. The minimum atomic E-state index is -0.0711. The lowest BCUT2D eigenvalue weighted by atomic mass is 9.77. The Morgan fingerprint density at radius 2 is 2.18 bits per heavy atom. The van der Waals surface area contributed by atoms with Crippen LogP contribution in [0.2, 0.25) is 0 Å². The van der Waals surface area contributed by atoms with E-state index in [9.17, 15) is 4.79 Å². The average molecular weight is 298 g/mol. The number of carbonyl (C=O) groups excluding carboxylic acids is 1. The van der Waals surface area contributed by atoms with Crippen LogP contribution in [0, 0.1) is 13.8 Å². The number of aromatic nitrogens is 3. The van der Waals surface area contributed by atoms with Gasteiger partial charge in [-0.25, -0.2) is 4.98 Å². The summed E-state index contributed by atoms with van der Waals surface area (Å²) in [5, 5.41) is 7.26. The lowest BCUT2D eigenvalue weighted by Crippen LogP contribution is -2.47. The fraction of sp³-hybridized carbons (Fsp3) is 0.471. The number of pyridine rings is 1. The molecule has 0 spiro atoms. The van der Waals surface area contributed by atoms with E-state index in [-0.39, 0.29) is 11.3 Å². The second-order valence-electron chi connectivity index (χ2n) is 6.48. The van der Waals surface area contributed by atoms with Crippen LogP contribution < -0.4 is 0 Å². The molecule has 1 saturated heterocycles. The fourth-order valence-corrected chi connectivity index (χ4v) is 3.40. The van der Waals surface area contributed by atoms with Gasteiger partial charge in [-0.2, -0.15) is 5.10 Å². The van der Waals surface area contributed by atoms with Gasteiger partial charge in [0.15, 0.2) is 0 Å². The van der Waals surface area contributed by atoms with E-state index in [1.54, 1.807) is 6.07 Å². The van der Waals surface area contributed by atoms with Crippen molar-refractivity contribution in [2.24, 2.45) is 0 Å². The Balaban J connectivity index is 1.84. The van der Waals surface area contributed by atoms with Crippen LogP contribution in [0.25, 0.3) is 0 Å². The molecule has 0 aromatic carbocycles. The Kier molecular flexibility index (Phi) is 3.72. The van der Waals surface area contributed by atoms with Crippen molar-refractivity contribution in [2.75, 3.05) is 13.1 Å². The molecule has 0 bridgehead atoms. The van der Waals surface area contributed by atoms with Crippen molar-refractivity contribution in [2.45, 2.75) is 39.0 Å². The zero-order valence-electron chi connectivity index (χ0n) is 13.4. The van der Waals surface area contributed by atoms with Crippen molar-refractivity contribution in [3.05, 3.63) is 47.0 Å². The molecular weight excluding hydrogens is 276 g/mol. The first-order chi connectivity index (χ1) is 10.5. The zero-order valence-corrected chi connectivity index (χ0v) is 13.4. The molecule has 0 radical (unpaired) electrons. The number of piperidine rings is 1. The van der Waals surface area contributed by atoms with E-state index in [0.717, 1.165) is 36.3 Å². The number of rotatable bonds is 2. The topological polar surface area (TPSA) is 61.9 Å². The van der Waals surface area contributed by atoms with Gasteiger partial charge in [0.1, 0.15) is 5.69 Å². The number of nitrogens with zero attached hydrogens (tertiary/aromatic N) is 3. The van der Waals surface area contributed by atoms with Gasteiger partial charge in [0, 0.05) is 29.9 Å². The Morgan fingerprint density at radius 1 is 1.36 bits per heavy atom. The van der Waals surface area contributed by atoms with Gasteiger partial charge in [0.25, 0.3) is 5.91 Å². The predicted octanol–water partition coefficient (Wildman–Crippen LogP) is 2.62. The number of amides is 1. The summed E-state index contributed by atoms with van der Waals surface area (Å²) in [6.45, 7) is 7.66. The highest BCUT2D eigenvalue weighted by molar-refractivity contribution is 5.92. The Hall–Kier alpha value is -2.17. The molecule has 1 fully saturated rings. The van der Waals surface area contributed by atoms with Crippen molar-refractivity contribution in [3.8, 4) is 0 Å². The molecule has 2 aromatic rings. The molecule has 0 unspecified atom stereocenters. The maximum absolute atomic E-state index is 12.7. The monoisotopic (exact) mass is 298 g/mol. The highest BCUT2D eigenvalue weighted by Crippen LogP contribution is 2.34. The summed E-state index contributed by atoms with van der Waals surface area (Å²) in [6, 6.07) is 5.59. The molecule has 0 aliphatic carbocycles. The Morgan fingerprint density at radius 3 is 2.86 bits per heavy atom. The highest BCUT2D eigenvalue weighted by atomic mass is 16.2. The van der Waals surface area contributed by atoms with Crippen molar-refractivity contribution in [3.63, 3.8) is 0 Å². The highest BCUT2D eigenvalue weighted by Gasteiger charge is 2.37. The summed E-state index contributed by atoms with van der Waals surface area (Å²) in [5.74, 6) is 0.0202. The van der Waals surface area contributed by atoms with E-state index in [2.05, 4.69) is 29.0 Å². The minimum Gasteiger partial charge on any atom is -0.336 e. The van der Waals surface area contributed by atoms with E-state index >= 15 is 0 Å². The predicted molar refractivity (Wildman–Crippen MR) is 84.8 cm³/mol. The Bertz CT molecular complexity index is 693. The van der Waals surface area contributed by atoms with Crippen LogP contribution in [-0.2, 0) is 5.41 Å². The number of H-pyrrole nitrogens is 1. The normalized spacial score (nSPS) is 21.9. The maximum atomic E-state index is 12.7. The van der Waals surface area contributed by atoms with Gasteiger partial charge in [-0.05, 0) is 44.4 Å². The molecule has 1 N–H and O–H groups in total. The minimum absolute atomic E-state index is 0.0202. The third-order valence-corrected chi connectivity index (χ3v) is 4.52. The van der Waals surface area contributed by atoms with Crippen LogP contribution in [-0.4, -0.2) is 39.1 Å². The summed E-state index contributed by atoms with van der Waals surface area (Å²) in [4.78, 5) is 19.0. The van der Waals surface area contributed by atoms with Gasteiger partial charge < -0.3 is 4.90 Å². The summed E-state index contributed by atoms with van der Waals surface area (Å²) in [6.07, 6.45) is 3.90. The van der Waals surface area contributed by atoms with E-state index in [1.165, 1.54) is 0 Å². The Labute approximate surface area is 130 Å². The number of nitrogens with one attached hydrogen (secondary N) is 1. The van der Waals surface area contributed by atoms with Crippen molar-refractivity contribution in [1.29, 1.82) is 0 Å². The van der Waals surface area contributed by atoms with Gasteiger partial charge >= 0.3 is 0 Å². The molecule has 5 nitrogen and oxygen atoms in total. The quantitative estimate of drug-likeness (QED) is 0.927. The molecule has 2 aromatic heterocycles. The molecule has 0 saturated carbocycles. The first kappa shape index (κ1) is 14.8. The summed E-state index contributed by atoms with van der Waals surface area (Å²) in [7, 11) is 0. The molecule has 3 rings (SSSR count). The van der Waals surface area contributed by atoms with Gasteiger partial charge in [-0.3, -0.25) is 9.89 Å². The fourth-order valence-electron chi connectivity index (χ4n) is 3.40. The first-order valence-electron chi connectivity index (χ1n) is 7.73. The number of hydrogen-bond acceptors (Lipinski definition) is 3. The summed E-state index contributed by atoms with van der Waals surface area (Å²) >= 11 is 0. The summed E-state index contributed by atoms with van der Waals surface area (Å²) < 4.78 is 0. The zero-order chi connectivity index (χ0) is 15.7. The van der Waals surface area contributed by atoms with Gasteiger partial charge in [-0.15, -0.1) is 0 Å². The molecule has 3 heterocycles. The van der Waals surface area contributed by atoms with Crippen LogP contribution in [0.15, 0.2) is 24.4 Å². The molecule has 116 valence electrons. The molecule has 1 atom stereocenters. The van der Waals surface area contributed by atoms with Crippen LogP contribution in [0.4, 0.5) is 0 Å². The number of aryl methyl sites for hydroxylation is 2. The third-order valence-electron chi connectivity index (χ3n) is 4.52. The number of aromatic amines is 1. The molecule has 22 heavy (non-hydrogen) atoms. The maximum Gasteiger partial charge on any atom is 0.272 e. The lowest BCUT2D eigenvalue weighted by molar-refractivity contribution is 0.0641. The van der Waals surface area contributed by atoms with Crippen molar-refractivity contribution < 1.29 is 4.79 Å². The number of carbonyl (C=O) groups is 1. The van der Waals surface area contributed by atoms with Gasteiger partial charge in [0.05, 0.1) is 6.20 Å². The standard InChI is InChI=1S/C17H22N4O/c1-12-10-18-20-15(12)17(3)8-5-9-21(11-17)16(22)14-7-4-6-13(2)19-14/h4,6-7,10H,5,8-9,11H2,1-3H3,(H,18,20)/t17-/m0/s1. The largest absolute Gasteiger partial charge is 0.336 e. The number of hydrogen-bond donors (Lipinski definition) is 1. The summed E-state index contributed by atoms with van der Waals surface area (Å²) in [5.41, 5.74) is 3.63. The lowest BCUT2D eigenvalue weighted by Gasteiger charge is -2.40. The van der Waals surface area contributed by atoms with Crippen LogP contribution >= 0.6 is 0 Å². The molecule has 1 amide bonds. The van der Waals surface area contributed by atoms with Gasteiger partial charge in [0.2, 0.25) is 0 Å². The van der Waals surface area contributed by atoms with Crippen molar-refractivity contribution >= 4 is 5.91 Å². The molecule has 5 heteroatoms. The van der Waals surface area contributed by atoms with E-state index in [0.29, 0.717) is 12.2 Å². The molecular formula is C17H22N4O. The molecule has 1 aliphatic rings. The van der Waals surface area contributed by atoms with Crippen LogP contribution in [0.3, 0.4) is 0 Å². The second kappa shape index (κ2) is 5.55.